The number of ether oxygens (including phenoxy) is 1. The Labute approximate surface area is 243 Å². The van der Waals surface area contributed by atoms with Gasteiger partial charge in [0.25, 0.3) is 21.8 Å². The van der Waals surface area contributed by atoms with E-state index in [4.69, 9.17) is 15.7 Å². The Morgan fingerprint density at radius 3 is 2.36 bits per heavy atom. The number of nitriles is 1. The minimum absolute atomic E-state index is 0.0216. The molecule has 4 N–H and O–H groups in total. The number of carbonyl (C=O) groups is 2. The molecule has 2 heterocycles. The average Bonchev–Trinajstić information content (AvgIpc) is 2.94. The second kappa shape index (κ2) is 12.5. The molecule has 0 aliphatic heterocycles. The second-order valence-corrected chi connectivity index (χ2v) is 11.1. The Hall–Kier alpha value is -5.28. The Morgan fingerprint density at radius 1 is 0.952 bits per heavy atom. The van der Waals surface area contributed by atoms with Crippen molar-refractivity contribution in [2.45, 2.75) is 32.2 Å². The van der Waals surface area contributed by atoms with E-state index in [1.807, 2.05) is 43.7 Å². The number of amides is 2. The zero-order chi connectivity index (χ0) is 30.4. The number of nitrogens with zero attached hydrogens (tertiary/aromatic N) is 3. The van der Waals surface area contributed by atoms with Crippen LogP contribution in [0.25, 0.3) is 11.3 Å². The molecular formula is C30H28N6O5S. The molecule has 0 atom stereocenters. The number of anilines is 1. The predicted molar refractivity (Wildman–Crippen MR) is 156 cm³/mol. The van der Waals surface area contributed by atoms with Crippen molar-refractivity contribution in [3.05, 3.63) is 94.5 Å². The van der Waals surface area contributed by atoms with Crippen molar-refractivity contribution in [1.82, 2.24) is 20.0 Å². The summed E-state index contributed by atoms with van der Waals surface area (Å²) in [6.07, 6.45) is 0.179. The number of hydrogen-bond acceptors (Lipinski definition) is 9. The summed E-state index contributed by atoms with van der Waals surface area (Å²) in [5.74, 6) is -1.04. The lowest BCUT2D eigenvalue weighted by molar-refractivity contribution is 0.0951. The van der Waals surface area contributed by atoms with Crippen molar-refractivity contribution >= 4 is 27.7 Å². The number of rotatable bonds is 9. The monoisotopic (exact) mass is 584 g/mol. The van der Waals surface area contributed by atoms with Crippen LogP contribution >= 0.6 is 0 Å². The minimum atomic E-state index is -4.37. The topological polar surface area (TPSA) is 177 Å². The van der Waals surface area contributed by atoms with Crippen LogP contribution in [0.15, 0.2) is 71.8 Å². The van der Waals surface area contributed by atoms with Crippen molar-refractivity contribution < 1.29 is 22.7 Å². The van der Waals surface area contributed by atoms with Crippen LogP contribution in [-0.2, 0) is 10.0 Å². The van der Waals surface area contributed by atoms with Gasteiger partial charge in [0.2, 0.25) is 5.88 Å². The maximum absolute atomic E-state index is 13.3. The lowest BCUT2D eigenvalue weighted by atomic mass is 10.1. The molecule has 0 aliphatic rings. The molecule has 0 bridgehead atoms. The van der Waals surface area contributed by atoms with Gasteiger partial charge in [-0.3, -0.25) is 9.59 Å². The van der Waals surface area contributed by atoms with E-state index in [1.165, 1.54) is 30.3 Å². The van der Waals surface area contributed by atoms with E-state index in [2.05, 4.69) is 15.3 Å². The second-order valence-electron chi connectivity index (χ2n) is 9.46. The smallest absolute Gasteiger partial charge is 0.281 e. The molecule has 0 aliphatic carbocycles. The van der Waals surface area contributed by atoms with Crippen molar-refractivity contribution in [3.63, 3.8) is 0 Å². The first-order valence-electron chi connectivity index (χ1n) is 12.8. The maximum atomic E-state index is 13.3. The molecule has 42 heavy (non-hydrogen) atoms. The molecule has 0 radical (unpaired) electrons. The van der Waals surface area contributed by atoms with Crippen LogP contribution in [0.4, 0.5) is 5.82 Å². The van der Waals surface area contributed by atoms with Crippen LogP contribution in [0.3, 0.4) is 0 Å². The third-order valence-corrected chi connectivity index (χ3v) is 7.33. The molecule has 2 aromatic heterocycles. The van der Waals surface area contributed by atoms with Gasteiger partial charge in [-0.25, -0.2) is 14.7 Å². The summed E-state index contributed by atoms with van der Waals surface area (Å²) in [6, 6.07) is 19.4. The first-order chi connectivity index (χ1) is 20.0. The zero-order valence-electron chi connectivity index (χ0n) is 23.1. The molecule has 4 aromatic rings. The Morgan fingerprint density at radius 2 is 1.67 bits per heavy atom. The Bertz CT molecular complexity index is 1810. The quantitative estimate of drug-likeness (QED) is 0.243. The average molecular weight is 585 g/mol. The molecule has 2 amide bonds. The number of benzene rings is 2. The van der Waals surface area contributed by atoms with E-state index >= 15 is 0 Å². The summed E-state index contributed by atoms with van der Waals surface area (Å²) in [5, 5.41) is 11.0. The van der Waals surface area contributed by atoms with Crippen molar-refractivity contribution in [2.24, 2.45) is 0 Å². The van der Waals surface area contributed by atoms with Crippen LogP contribution in [0.1, 0.15) is 43.8 Å². The lowest BCUT2D eigenvalue weighted by Crippen LogP contribution is -2.31. The lowest BCUT2D eigenvalue weighted by Gasteiger charge is -2.16. The minimum Gasteiger partial charge on any atom is -0.438 e. The molecule has 0 fully saturated rings. The number of hydrogen-bond donors (Lipinski definition) is 3. The van der Waals surface area contributed by atoms with E-state index in [0.717, 1.165) is 16.7 Å². The molecule has 12 heteroatoms. The van der Waals surface area contributed by atoms with E-state index < -0.39 is 21.0 Å². The molecule has 0 spiro atoms. The molecule has 2 aromatic carbocycles. The zero-order valence-corrected chi connectivity index (χ0v) is 24.0. The van der Waals surface area contributed by atoms with Crippen LogP contribution in [0.5, 0.6) is 11.6 Å². The van der Waals surface area contributed by atoms with Crippen molar-refractivity contribution in [2.75, 3.05) is 12.3 Å². The number of nitrogen functional groups attached to an aromatic ring is 1. The van der Waals surface area contributed by atoms with Gasteiger partial charge in [0.15, 0.2) is 5.03 Å². The summed E-state index contributed by atoms with van der Waals surface area (Å²) < 4.78 is 34.0. The van der Waals surface area contributed by atoms with Gasteiger partial charge < -0.3 is 15.8 Å². The number of pyridine rings is 2. The largest absolute Gasteiger partial charge is 0.438 e. The highest BCUT2D eigenvalue weighted by atomic mass is 32.2. The van der Waals surface area contributed by atoms with Crippen LogP contribution in [0.2, 0.25) is 0 Å². The molecular weight excluding hydrogens is 556 g/mol. The van der Waals surface area contributed by atoms with E-state index in [9.17, 15) is 18.0 Å². The van der Waals surface area contributed by atoms with E-state index in [1.54, 1.807) is 24.3 Å². The molecule has 11 nitrogen and oxygen atoms in total. The highest BCUT2D eigenvalue weighted by Crippen LogP contribution is 2.33. The SMILES string of the molecule is Cc1cc(C)c(Oc2nc(-c3cccc(C(=O)NCCC#N)c3)ccc2C(=O)NS(=O)(=O)c2cccc(N)n2)c(C)c1. The summed E-state index contributed by atoms with van der Waals surface area (Å²) in [5.41, 5.74) is 9.35. The molecule has 0 saturated heterocycles. The van der Waals surface area contributed by atoms with Gasteiger partial charge in [0.05, 0.1) is 18.2 Å². The number of aryl methyl sites for hydroxylation is 3. The van der Waals surface area contributed by atoms with Crippen LogP contribution < -0.4 is 20.5 Å². The van der Waals surface area contributed by atoms with Crippen LogP contribution in [-0.4, -0.2) is 36.7 Å². The summed E-state index contributed by atoms with van der Waals surface area (Å²) in [7, 11) is -4.37. The molecule has 0 saturated carbocycles. The summed E-state index contributed by atoms with van der Waals surface area (Å²) >= 11 is 0. The number of carbonyl (C=O) groups excluding carboxylic acids is 2. The Kier molecular flexibility index (Phi) is 8.83. The van der Waals surface area contributed by atoms with Gasteiger partial charge in [0.1, 0.15) is 17.1 Å². The fraction of sp³-hybridized carbons (Fsp3) is 0.167. The molecule has 0 unspecified atom stereocenters. The molecule has 214 valence electrons. The van der Waals surface area contributed by atoms with Gasteiger partial charge in [-0.2, -0.15) is 13.7 Å². The highest BCUT2D eigenvalue weighted by molar-refractivity contribution is 7.90. The van der Waals surface area contributed by atoms with Gasteiger partial charge in [-0.15, -0.1) is 0 Å². The van der Waals surface area contributed by atoms with E-state index in [-0.39, 0.29) is 36.1 Å². The van der Waals surface area contributed by atoms with Gasteiger partial charge >= 0.3 is 0 Å². The normalized spacial score (nSPS) is 10.9. The first kappa shape index (κ1) is 29.7. The highest BCUT2D eigenvalue weighted by Gasteiger charge is 2.25. The number of aromatic nitrogens is 2. The van der Waals surface area contributed by atoms with E-state index in [0.29, 0.717) is 22.6 Å². The van der Waals surface area contributed by atoms with Crippen molar-refractivity contribution in [3.8, 4) is 29.0 Å². The summed E-state index contributed by atoms with van der Waals surface area (Å²) in [6.45, 7) is 5.86. The number of nitrogens with one attached hydrogen (secondary N) is 2. The van der Waals surface area contributed by atoms with Crippen molar-refractivity contribution in [1.29, 1.82) is 5.26 Å². The Balaban J connectivity index is 1.75. The van der Waals surface area contributed by atoms with Gasteiger partial charge in [-0.05, 0) is 68.3 Å². The fourth-order valence-corrected chi connectivity index (χ4v) is 5.18. The maximum Gasteiger partial charge on any atom is 0.281 e. The number of nitrogens with two attached hydrogens (primary N) is 1. The third-order valence-electron chi connectivity index (χ3n) is 6.10. The first-order valence-corrected chi connectivity index (χ1v) is 14.3. The number of sulfonamides is 1. The molecule has 4 rings (SSSR count). The summed E-state index contributed by atoms with van der Waals surface area (Å²) in [4.78, 5) is 34.2. The van der Waals surface area contributed by atoms with Gasteiger partial charge in [-0.1, -0.05) is 35.9 Å². The predicted octanol–water partition coefficient (Wildman–Crippen LogP) is 4.21. The fourth-order valence-electron chi connectivity index (χ4n) is 4.24. The van der Waals surface area contributed by atoms with Gasteiger partial charge in [0, 0.05) is 17.7 Å². The standard InChI is InChI=1S/C30H28N6O5S/c1-18-15-19(2)27(20(3)16-18)41-30-23(29(38)36-42(39,40)26-10-5-9-25(32)35-26)11-12-24(34-30)21-7-4-8-22(17-21)28(37)33-14-6-13-31/h4-5,7-12,15-17H,6,14H2,1-3H3,(H2,32,35)(H,33,37)(H,36,38). The third kappa shape index (κ3) is 6.89. The van der Waals surface area contributed by atoms with Crippen LogP contribution in [0, 0.1) is 32.1 Å².